The molecule has 0 aliphatic heterocycles. The molecule has 1 aliphatic rings. The van der Waals surface area contributed by atoms with Gasteiger partial charge in [0, 0.05) is 12.0 Å². The lowest BCUT2D eigenvalue weighted by Gasteiger charge is -2.16. The lowest BCUT2D eigenvalue weighted by atomic mass is 9.94. The average molecular weight is 280 g/mol. The van der Waals surface area contributed by atoms with E-state index < -0.39 is 0 Å². The van der Waals surface area contributed by atoms with Crippen molar-refractivity contribution >= 4 is 0 Å². The molecule has 0 radical (unpaired) electrons. The number of ether oxygens (including phenoxy) is 1. The van der Waals surface area contributed by atoms with E-state index in [1.807, 2.05) is 0 Å². The molecule has 0 fully saturated rings. The molecule has 0 unspecified atom stereocenters. The Bertz CT molecular complexity index is 680. The van der Waals surface area contributed by atoms with Crippen molar-refractivity contribution in [2.24, 2.45) is 0 Å². The fourth-order valence-electron chi connectivity index (χ4n) is 3.32. The standard InChI is InChI=1S/C20H24O/c1-12(2)14-6-7-15-11-19-17(18(15)10-14)9-8-16(13(3)4)20(19)21-5/h6-10,12-13H,11H2,1-5H3. The summed E-state index contributed by atoms with van der Waals surface area (Å²) in [6.45, 7) is 8.95. The quantitative estimate of drug-likeness (QED) is 0.614. The van der Waals surface area contributed by atoms with Gasteiger partial charge < -0.3 is 4.74 Å². The summed E-state index contributed by atoms with van der Waals surface area (Å²) in [6, 6.07) is 11.4. The summed E-state index contributed by atoms with van der Waals surface area (Å²) in [5, 5.41) is 0. The van der Waals surface area contributed by atoms with Gasteiger partial charge in [-0.2, -0.15) is 0 Å². The topological polar surface area (TPSA) is 9.23 Å². The summed E-state index contributed by atoms with van der Waals surface area (Å²) in [5.74, 6) is 2.14. The van der Waals surface area contributed by atoms with Crippen LogP contribution in [-0.4, -0.2) is 7.11 Å². The third kappa shape index (κ3) is 2.25. The molecule has 0 aromatic heterocycles. The number of rotatable bonds is 3. The summed E-state index contributed by atoms with van der Waals surface area (Å²) in [7, 11) is 1.80. The van der Waals surface area contributed by atoms with E-state index in [2.05, 4.69) is 58.0 Å². The molecular weight excluding hydrogens is 256 g/mol. The van der Waals surface area contributed by atoms with E-state index in [1.165, 1.54) is 33.4 Å². The van der Waals surface area contributed by atoms with Crippen LogP contribution in [0.15, 0.2) is 30.3 Å². The normalized spacial score (nSPS) is 12.7. The smallest absolute Gasteiger partial charge is 0.126 e. The van der Waals surface area contributed by atoms with Crippen LogP contribution in [0.4, 0.5) is 0 Å². The van der Waals surface area contributed by atoms with E-state index in [0.717, 1.165) is 12.2 Å². The zero-order chi connectivity index (χ0) is 15.1. The molecule has 1 heteroatoms. The second-order valence-corrected chi connectivity index (χ2v) is 6.62. The first-order valence-electron chi connectivity index (χ1n) is 7.85. The lowest BCUT2D eigenvalue weighted by Crippen LogP contribution is -1.98. The zero-order valence-corrected chi connectivity index (χ0v) is 13.7. The Morgan fingerprint density at radius 1 is 0.905 bits per heavy atom. The highest BCUT2D eigenvalue weighted by Gasteiger charge is 2.25. The first kappa shape index (κ1) is 14.2. The van der Waals surface area contributed by atoms with Crippen molar-refractivity contribution in [3.8, 4) is 16.9 Å². The fraction of sp³-hybridized carbons (Fsp3) is 0.400. The monoisotopic (exact) mass is 280 g/mol. The predicted octanol–water partition coefficient (Wildman–Crippen LogP) is 5.51. The third-order valence-corrected chi connectivity index (χ3v) is 4.58. The number of hydrogen-bond donors (Lipinski definition) is 0. The van der Waals surface area contributed by atoms with Gasteiger partial charge in [-0.1, -0.05) is 58.0 Å². The van der Waals surface area contributed by atoms with Crippen LogP contribution in [0.1, 0.15) is 61.8 Å². The third-order valence-electron chi connectivity index (χ3n) is 4.58. The Kier molecular flexibility index (Phi) is 3.52. The van der Waals surface area contributed by atoms with Gasteiger partial charge >= 0.3 is 0 Å². The average Bonchev–Trinajstić information content (AvgIpc) is 2.83. The zero-order valence-electron chi connectivity index (χ0n) is 13.7. The van der Waals surface area contributed by atoms with Gasteiger partial charge in [0.2, 0.25) is 0 Å². The van der Waals surface area contributed by atoms with E-state index in [4.69, 9.17) is 4.74 Å². The largest absolute Gasteiger partial charge is 0.496 e. The van der Waals surface area contributed by atoms with E-state index in [-0.39, 0.29) is 0 Å². The van der Waals surface area contributed by atoms with Crippen molar-refractivity contribution in [3.63, 3.8) is 0 Å². The molecule has 1 nitrogen and oxygen atoms in total. The summed E-state index contributed by atoms with van der Waals surface area (Å²) < 4.78 is 5.76. The van der Waals surface area contributed by atoms with Gasteiger partial charge in [0.25, 0.3) is 0 Å². The van der Waals surface area contributed by atoms with Crippen LogP contribution in [0.25, 0.3) is 11.1 Å². The highest BCUT2D eigenvalue weighted by molar-refractivity contribution is 5.80. The van der Waals surface area contributed by atoms with Crippen molar-refractivity contribution in [1.29, 1.82) is 0 Å². The molecular formula is C20H24O. The molecule has 0 atom stereocenters. The van der Waals surface area contributed by atoms with Crippen molar-refractivity contribution in [2.45, 2.75) is 46.0 Å². The first-order valence-corrected chi connectivity index (χ1v) is 7.85. The van der Waals surface area contributed by atoms with Crippen LogP contribution >= 0.6 is 0 Å². The predicted molar refractivity (Wildman–Crippen MR) is 89.4 cm³/mol. The minimum absolute atomic E-state index is 0.486. The molecule has 3 rings (SSSR count). The van der Waals surface area contributed by atoms with Crippen LogP contribution in [0.2, 0.25) is 0 Å². The first-order chi connectivity index (χ1) is 10.0. The van der Waals surface area contributed by atoms with Crippen molar-refractivity contribution in [2.75, 3.05) is 7.11 Å². The summed E-state index contributed by atoms with van der Waals surface area (Å²) in [6.07, 6.45) is 0.993. The maximum absolute atomic E-state index is 5.76. The van der Waals surface area contributed by atoms with E-state index in [1.54, 1.807) is 7.11 Å². The minimum atomic E-state index is 0.486. The molecule has 0 heterocycles. The van der Waals surface area contributed by atoms with E-state index >= 15 is 0 Å². The molecule has 2 aromatic carbocycles. The summed E-state index contributed by atoms with van der Waals surface area (Å²) in [4.78, 5) is 0. The van der Waals surface area contributed by atoms with Gasteiger partial charge in [-0.3, -0.25) is 0 Å². The molecule has 1 aliphatic carbocycles. The highest BCUT2D eigenvalue weighted by Crippen LogP contribution is 2.45. The molecule has 0 N–H and O–H groups in total. The number of fused-ring (bicyclic) bond motifs is 3. The Hall–Kier alpha value is -1.76. The number of hydrogen-bond acceptors (Lipinski definition) is 1. The van der Waals surface area contributed by atoms with Crippen LogP contribution in [0, 0.1) is 0 Å². The molecule has 0 spiro atoms. The van der Waals surface area contributed by atoms with Crippen LogP contribution in [-0.2, 0) is 6.42 Å². The van der Waals surface area contributed by atoms with Gasteiger partial charge in [0.1, 0.15) is 5.75 Å². The molecule has 0 amide bonds. The van der Waals surface area contributed by atoms with Gasteiger partial charge in [0.05, 0.1) is 7.11 Å². The van der Waals surface area contributed by atoms with E-state index in [0.29, 0.717) is 11.8 Å². The van der Waals surface area contributed by atoms with Crippen LogP contribution in [0.5, 0.6) is 5.75 Å². The van der Waals surface area contributed by atoms with Gasteiger partial charge in [-0.15, -0.1) is 0 Å². The van der Waals surface area contributed by atoms with Crippen LogP contribution in [0.3, 0.4) is 0 Å². The molecule has 0 saturated carbocycles. The van der Waals surface area contributed by atoms with Crippen molar-refractivity contribution in [1.82, 2.24) is 0 Å². The molecule has 110 valence electrons. The second kappa shape index (κ2) is 5.22. The van der Waals surface area contributed by atoms with Gasteiger partial charge in [-0.25, -0.2) is 0 Å². The Balaban J connectivity index is 2.17. The molecule has 21 heavy (non-hydrogen) atoms. The number of methoxy groups -OCH3 is 1. The summed E-state index contributed by atoms with van der Waals surface area (Å²) in [5.41, 5.74) is 8.26. The van der Waals surface area contributed by atoms with Crippen LogP contribution < -0.4 is 4.74 Å². The molecule has 0 bridgehead atoms. The summed E-state index contributed by atoms with van der Waals surface area (Å²) >= 11 is 0. The SMILES string of the molecule is COc1c(C(C)C)ccc2c1Cc1ccc(C(C)C)cc1-2. The highest BCUT2D eigenvalue weighted by atomic mass is 16.5. The van der Waals surface area contributed by atoms with Gasteiger partial charge in [0.15, 0.2) is 0 Å². The maximum Gasteiger partial charge on any atom is 0.126 e. The Morgan fingerprint density at radius 3 is 2.29 bits per heavy atom. The van der Waals surface area contributed by atoms with Gasteiger partial charge in [-0.05, 0) is 39.7 Å². The van der Waals surface area contributed by atoms with E-state index in [9.17, 15) is 0 Å². The number of benzene rings is 2. The Labute approximate surface area is 128 Å². The Morgan fingerprint density at radius 2 is 1.67 bits per heavy atom. The molecule has 2 aromatic rings. The lowest BCUT2D eigenvalue weighted by molar-refractivity contribution is 0.404. The molecule has 0 saturated heterocycles. The fourth-order valence-corrected chi connectivity index (χ4v) is 3.32. The van der Waals surface area contributed by atoms with Crippen molar-refractivity contribution < 1.29 is 4.74 Å². The minimum Gasteiger partial charge on any atom is -0.496 e. The van der Waals surface area contributed by atoms with Crippen molar-refractivity contribution in [3.05, 3.63) is 52.6 Å². The maximum atomic E-state index is 5.76. The second-order valence-electron chi connectivity index (χ2n) is 6.62.